The van der Waals surface area contributed by atoms with Crippen molar-refractivity contribution in [2.45, 2.75) is 202 Å². The largest absolute Gasteiger partial charge is 0.370 e. The normalized spacial score (nSPS) is 13.8. The molecule has 416 valence electrons. The number of ketones is 7. The van der Waals surface area contributed by atoms with Crippen molar-refractivity contribution < 1.29 is 43.2 Å². The minimum absolute atomic E-state index is 0.0231. The monoisotopic (exact) mass is 1010 g/mol. The molecule has 0 heterocycles. The van der Waals surface area contributed by atoms with Gasteiger partial charge in [-0.3, -0.25) is 43.2 Å². The summed E-state index contributed by atoms with van der Waals surface area (Å²) < 4.78 is 0. The Morgan fingerprint density at radius 3 is 0.629 bits per heavy atom. The number of primary amides is 2. The van der Waals surface area contributed by atoms with Crippen molar-refractivity contribution in [1.29, 1.82) is 0 Å². The van der Waals surface area contributed by atoms with Gasteiger partial charge in [-0.05, 0) is 13.5 Å². The third-order valence-corrected chi connectivity index (χ3v) is 9.04. The first-order valence-electron chi connectivity index (χ1n) is 23.5. The lowest BCUT2D eigenvalue weighted by Gasteiger charge is -2.20. The van der Waals surface area contributed by atoms with E-state index in [0.717, 1.165) is 0 Å². The maximum Gasteiger partial charge on any atom is 0.219 e. The smallest absolute Gasteiger partial charge is 0.219 e. The van der Waals surface area contributed by atoms with Gasteiger partial charge in [0.25, 0.3) is 0 Å². The van der Waals surface area contributed by atoms with Crippen LogP contribution in [0.4, 0.5) is 0 Å². The van der Waals surface area contributed by atoms with Crippen molar-refractivity contribution >= 4 is 52.3 Å². The Morgan fingerprint density at radius 1 is 0.343 bits per heavy atom. The van der Waals surface area contributed by atoms with Crippen LogP contribution in [0.1, 0.15) is 172 Å². The van der Waals surface area contributed by atoms with Crippen molar-refractivity contribution in [3.63, 3.8) is 0 Å². The lowest BCUT2D eigenvalue weighted by atomic mass is 9.85. The molecule has 0 aromatic carbocycles. The summed E-state index contributed by atoms with van der Waals surface area (Å²) >= 11 is 0. The summed E-state index contributed by atoms with van der Waals surface area (Å²) in [6.45, 7) is 41.3. The predicted octanol–water partition coefficient (Wildman–Crippen LogP) is 1.84. The summed E-state index contributed by atoms with van der Waals surface area (Å²) in [6.07, 6.45) is 0.357. The lowest BCUT2D eigenvalue weighted by Crippen LogP contribution is -2.43. The minimum atomic E-state index is -0.762. The molecule has 20 heteroatoms. The van der Waals surface area contributed by atoms with E-state index in [9.17, 15) is 43.2 Å². The molecule has 70 heavy (non-hydrogen) atoms. The van der Waals surface area contributed by atoms with Crippen LogP contribution in [0.5, 0.6) is 0 Å². The molecule has 0 saturated carbocycles. The molecule has 0 saturated heterocycles. The maximum atomic E-state index is 11.4. The molecule has 0 aromatic rings. The van der Waals surface area contributed by atoms with E-state index in [-0.39, 0.29) is 106 Å². The first-order valence-corrected chi connectivity index (χ1v) is 23.5. The van der Waals surface area contributed by atoms with E-state index >= 15 is 0 Å². The number of carbonyl (C=O) groups excluding carboxylic acids is 9. The van der Waals surface area contributed by atoms with E-state index in [1.54, 1.807) is 48.5 Å². The van der Waals surface area contributed by atoms with Crippen molar-refractivity contribution in [2.24, 2.45) is 101 Å². The molecule has 0 bridgehead atoms. The molecule has 0 aliphatic heterocycles. The van der Waals surface area contributed by atoms with E-state index in [1.807, 2.05) is 104 Å². The molecule has 0 unspecified atom stereocenters. The van der Waals surface area contributed by atoms with E-state index in [4.69, 9.17) is 63.1 Å². The van der Waals surface area contributed by atoms with Crippen molar-refractivity contribution in [3.05, 3.63) is 0 Å². The maximum absolute atomic E-state index is 11.4. The Morgan fingerprint density at radius 2 is 0.557 bits per heavy atom. The summed E-state index contributed by atoms with van der Waals surface area (Å²) in [5.74, 6) is -0.849. The van der Waals surface area contributed by atoms with Crippen LogP contribution < -0.4 is 63.1 Å². The highest BCUT2D eigenvalue weighted by Gasteiger charge is 2.30. The molecular formula is C50H107N11O9. The van der Waals surface area contributed by atoms with Crippen LogP contribution in [-0.2, 0) is 43.2 Å². The van der Waals surface area contributed by atoms with Crippen molar-refractivity contribution in [2.75, 3.05) is 26.2 Å². The highest BCUT2D eigenvalue weighted by molar-refractivity contribution is 5.93. The number of hydrogen-bond donors (Lipinski definition) is 11. The van der Waals surface area contributed by atoms with Gasteiger partial charge >= 0.3 is 0 Å². The molecule has 20 nitrogen and oxygen atoms in total. The summed E-state index contributed by atoms with van der Waals surface area (Å²) in [4.78, 5) is 98.7. The Kier molecular flexibility index (Phi) is 40.6. The summed E-state index contributed by atoms with van der Waals surface area (Å²) in [5, 5.41) is 0. The van der Waals surface area contributed by atoms with Gasteiger partial charge in [-0.1, -0.05) is 145 Å². The molecule has 5 atom stereocenters. The van der Waals surface area contributed by atoms with Crippen LogP contribution in [0.2, 0.25) is 0 Å². The second kappa shape index (κ2) is 35.4. The van der Waals surface area contributed by atoms with Gasteiger partial charge in [0.05, 0.1) is 36.8 Å². The minimum Gasteiger partial charge on any atom is -0.370 e. The molecule has 22 N–H and O–H groups in total. The first-order chi connectivity index (χ1) is 30.6. The van der Waals surface area contributed by atoms with Crippen LogP contribution in [0.25, 0.3) is 0 Å². The third kappa shape index (κ3) is 45.4. The molecule has 0 fully saturated rings. The molecule has 0 aliphatic rings. The molecule has 0 radical (unpaired) electrons. The van der Waals surface area contributed by atoms with Crippen molar-refractivity contribution in [1.82, 2.24) is 0 Å². The zero-order valence-electron chi connectivity index (χ0n) is 47.9. The van der Waals surface area contributed by atoms with Crippen LogP contribution in [-0.4, -0.2) is 109 Å². The summed E-state index contributed by atoms with van der Waals surface area (Å²) in [6, 6.07) is -2.85. The second-order valence-corrected chi connectivity index (χ2v) is 24.2. The van der Waals surface area contributed by atoms with Gasteiger partial charge in [-0.2, -0.15) is 0 Å². The van der Waals surface area contributed by atoms with Crippen molar-refractivity contribution in [3.8, 4) is 0 Å². The Balaban J connectivity index is -0.000000133. The third-order valence-electron chi connectivity index (χ3n) is 9.04. The Bertz CT molecular complexity index is 1520. The summed E-state index contributed by atoms with van der Waals surface area (Å²) in [7, 11) is 0. The zero-order chi connectivity index (χ0) is 58.5. The average Bonchev–Trinajstić information content (AvgIpc) is 3.16. The molecule has 2 amide bonds. The number of hydrogen-bond acceptors (Lipinski definition) is 18. The van der Waals surface area contributed by atoms with Gasteiger partial charge in [0.1, 0.15) is 5.78 Å². The highest BCUT2D eigenvalue weighted by Crippen LogP contribution is 2.20. The number of rotatable bonds is 14. The molecule has 0 aromatic heterocycles. The number of amides is 2. The number of Topliss-reactive ketones (excluding diaryl/α,β-unsaturated/α-hetero) is 7. The first kappa shape index (κ1) is 80.4. The lowest BCUT2D eigenvalue weighted by molar-refractivity contribution is -0.130. The standard InChI is InChI=1S/2C8H16N2O2.2C7H16N2O.2C7H15NO.C6H13NO/c2*1-8(2,3)7(12)5(9)4-6(10)11;2*1-7(2,3)6(10)5(9)4-8;1-7(2,3)6(9)4-5-8;1-5(8)6(9)7(2,3)4;1-6(2,3)5(8)4-7/h2*5H,4,9H2,1-3H3,(H2,10,11);2*5H,4,8-9H2,1-3H3;4-5,8H2,1-3H3;5H,8H2,1-4H3;4,7H2,1-3H3/t4*5-;;5-;/m1010.1./s1. The highest BCUT2D eigenvalue weighted by atomic mass is 16.2. The SMILES string of the molecule is CC(C)(C)C(=O)CCN.CC(C)(C)C(=O)CN.CC(C)(C)C(=O)[C@@H](N)CC(N)=O.CC(C)(C)C(=O)[C@@H](N)CN.CC(C)(C)C(=O)[C@H](N)CC(N)=O.CC(C)(C)C(=O)[C@H](N)CN.C[C@@H](N)C(=O)C(C)(C)C. The predicted molar refractivity (Wildman–Crippen MR) is 285 cm³/mol. The Labute approximate surface area is 423 Å². The molecule has 0 aliphatic carbocycles. The van der Waals surface area contributed by atoms with Gasteiger partial charge < -0.3 is 63.1 Å². The van der Waals surface area contributed by atoms with Crippen LogP contribution >= 0.6 is 0 Å². The van der Waals surface area contributed by atoms with E-state index < -0.39 is 46.8 Å². The fraction of sp³-hybridized carbons (Fsp3) is 0.820. The van der Waals surface area contributed by atoms with Gasteiger partial charge in [-0.25, -0.2) is 0 Å². The van der Waals surface area contributed by atoms with Crippen LogP contribution in [0.15, 0.2) is 0 Å². The van der Waals surface area contributed by atoms with Gasteiger partial charge in [0, 0.05) is 70.3 Å². The molecule has 0 spiro atoms. The van der Waals surface area contributed by atoms with E-state index in [2.05, 4.69) is 0 Å². The second-order valence-electron chi connectivity index (χ2n) is 24.2. The van der Waals surface area contributed by atoms with Crippen LogP contribution in [0.3, 0.4) is 0 Å². The van der Waals surface area contributed by atoms with Gasteiger partial charge in [-0.15, -0.1) is 0 Å². The van der Waals surface area contributed by atoms with Crippen LogP contribution in [0, 0.1) is 37.9 Å². The topological polar surface area (TPSA) is 440 Å². The fourth-order valence-corrected chi connectivity index (χ4v) is 4.55. The quantitative estimate of drug-likeness (QED) is 0.118. The molecule has 0 rings (SSSR count). The molecular weight excluding hydrogens is 899 g/mol. The fourth-order valence-electron chi connectivity index (χ4n) is 4.55. The zero-order valence-corrected chi connectivity index (χ0v) is 47.9. The number of carbonyl (C=O) groups is 9. The van der Waals surface area contributed by atoms with Gasteiger partial charge in [0.15, 0.2) is 34.7 Å². The van der Waals surface area contributed by atoms with E-state index in [1.165, 1.54) is 0 Å². The number of nitrogens with two attached hydrogens (primary N) is 11. The Hall–Kier alpha value is -3.73. The average molecular weight is 1010 g/mol. The van der Waals surface area contributed by atoms with Gasteiger partial charge in [0.2, 0.25) is 11.8 Å². The summed E-state index contributed by atoms with van der Waals surface area (Å²) in [5.41, 5.74) is 55.2. The van der Waals surface area contributed by atoms with E-state index in [0.29, 0.717) is 13.0 Å².